The van der Waals surface area contributed by atoms with Crippen molar-refractivity contribution in [1.82, 2.24) is 29.2 Å². The molecule has 1 aliphatic carbocycles. The maximum atomic E-state index is 14.6. The van der Waals surface area contributed by atoms with Crippen molar-refractivity contribution >= 4 is 16.9 Å². The number of likely N-dealkylation sites (N-methyl/N-ethyl adjacent to an activating group) is 1. The Morgan fingerprint density at radius 1 is 0.885 bits per heavy atom. The highest BCUT2D eigenvalue weighted by Gasteiger charge is 2.29. The highest BCUT2D eigenvalue weighted by Crippen LogP contribution is 2.29. The number of nitrogens with one attached hydrogen (secondary N) is 1. The largest absolute Gasteiger partial charge is 0.368 e. The minimum atomic E-state index is -0.647. The molecule has 5 aromatic rings. The fraction of sp³-hybridized carbons (Fsp3) is 0.366. The monoisotopic (exact) mass is 703 g/mol. The molecule has 0 unspecified atom stereocenters. The molecule has 270 valence electrons. The second-order valence-electron chi connectivity index (χ2n) is 14.3. The molecule has 1 aliphatic heterocycles. The second-order valence-corrected chi connectivity index (χ2v) is 14.3. The summed E-state index contributed by atoms with van der Waals surface area (Å²) >= 11 is 0. The number of rotatable bonds is 10. The zero-order chi connectivity index (χ0) is 36.2. The van der Waals surface area contributed by atoms with Gasteiger partial charge in [0.15, 0.2) is 5.65 Å². The molecule has 0 bridgehead atoms. The Bertz CT molecular complexity index is 2140. The standard InChI is InChI=1S/C41H46FN7O3/c1-46-19-6-20-47(22-21-46)27-29-11-13-30(14-12-29)31-9-5-10-35(24-31)48-39-36(25-32(42)26-44-39)40(51)49(41(48)52)34-17-15-33(16-18-34)45-37(38(43)50)23-28-7-3-2-4-8-28/h2-5,7-14,24-26,33-34,37,45H,6,15-23,27H2,1H3,(H2,43,50)/t33?,34?,37-/m0/s1. The molecule has 10 nitrogen and oxygen atoms in total. The summed E-state index contributed by atoms with van der Waals surface area (Å²) in [6.07, 6.45) is 4.99. The lowest BCUT2D eigenvalue weighted by Gasteiger charge is -2.32. The summed E-state index contributed by atoms with van der Waals surface area (Å²) in [6.45, 7) is 5.22. The van der Waals surface area contributed by atoms with E-state index >= 15 is 0 Å². The number of pyridine rings is 1. The first-order chi connectivity index (χ1) is 25.2. The topological polar surface area (TPSA) is 118 Å². The van der Waals surface area contributed by atoms with Gasteiger partial charge in [0.25, 0.3) is 5.56 Å². The average molecular weight is 704 g/mol. The third-order valence-corrected chi connectivity index (χ3v) is 10.6. The van der Waals surface area contributed by atoms with Crippen LogP contribution in [0.15, 0.2) is 101 Å². The van der Waals surface area contributed by atoms with Gasteiger partial charge in [-0.1, -0.05) is 66.7 Å². The van der Waals surface area contributed by atoms with Crippen molar-refractivity contribution in [3.63, 3.8) is 0 Å². The van der Waals surface area contributed by atoms with Gasteiger partial charge in [0.2, 0.25) is 5.91 Å². The van der Waals surface area contributed by atoms with Gasteiger partial charge in [0, 0.05) is 31.7 Å². The van der Waals surface area contributed by atoms with Crippen LogP contribution in [0.1, 0.15) is 49.3 Å². The van der Waals surface area contributed by atoms with Gasteiger partial charge >= 0.3 is 5.69 Å². The Morgan fingerprint density at radius 2 is 1.65 bits per heavy atom. The van der Waals surface area contributed by atoms with Crippen LogP contribution in [0.3, 0.4) is 0 Å². The molecule has 1 saturated carbocycles. The van der Waals surface area contributed by atoms with E-state index in [0.29, 0.717) is 37.8 Å². The van der Waals surface area contributed by atoms with Crippen molar-refractivity contribution < 1.29 is 9.18 Å². The average Bonchev–Trinajstić information content (AvgIpc) is 3.36. The molecule has 11 heteroatoms. The van der Waals surface area contributed by atoms with Crippen molar-refractivity contribution in [1.29, 1.82) is 0 Å². The predicted molar refractivity (Wildman–Crippen MR) is 202 cm³/mol. The number of hydrogen-bond acceptors (Lipinski definition) is 7. The third kappa shape index (κ3) is 7.91. The molecular formula is C41H46FN7O3. The molecule has 3 aromatic carbocycles. The van der Waals surface area contributed by atoms with E-state index in [1.807, 2.05) is 54.6 Å². The number of amides is 1. The molecule has 0 spiro atoms. The van der Waals surface area contributed by atoms with E-state index < -0.39 is 35.1 Å². The molecule has 1 amide bonds. The van der Waals surface area contributed by atoms with Gasteiger partial charge in [-0.25, -0.2) is 18.7 Å². The van der Waals surface area contributed by atoms with Crippen LogP contribution in [-0.4, -0.2) is 75.1 Å². The number of primary amides is 1. The summed E-state index contributed by atoms with van der Waals surface area (Å²) in [7, 11) is 2.17. The van der Waals surface area contributed by atoms with Crippen LogP contribution in [0.2, 0.25) is 0 Å². The van der Waals surface area contributed by atoms with Gasteiger partial charge in [-0.2, -0.15) is 0 Å². The minimum absolute atomic E-state index is 0.0101. The van der Waals surface area contributed by atoms with Gasteiger partial charge in [0.1, 0.15) is 5.82 Å². The SMILES string of the molecule is CN1CCCN(Cc2ccc(-c3cccc(-n4c(=O)n(C5CCC(N[C@@H](Cc6ccccc6)C(N)=O)CC5)c(=O)c5cc(F)cnc54)c3)cc2)CC1. The zero-order valence-corrected chi connectivity index (χ0v) is 29.6. The van der Waals surface area contributed by atoms with Crippen molar-refractivity contribution in [3.05, 3.63) is 129 Å². The number of fused-ring (bicyclic) bond motifs is 1. The van der Waals surface area contributed by atoms with Crippen molar-refractivity contribution in [3.8, 4) is 16.8 Å². The summed E-state index contributed by atoms with van der Waals surface area (Å²) < 4.78 is 17.3. The van der Waals surface area contributed by atoms with Crippen LogP contribution in [-0.2, 0) is 17.8 Å². The minimum Gasteiger partial charge on any atom is -0.368 e. The molecular weight excluding hydrogens is 657 g/mol. The fourth-order valence-corrected chi connectivity index (χ4v) is 7.76. The molecule has 2 aromatic heterocycles. The predicted octanol–water partition coefficient (Wildman–Crippen LogP) is 4.66. The first-order valence-electron chi connectivity index (χ1n) is 18.3. The number of benzene rings is 3. The molecule has 52 heavy (non-hydrogen) atoms. The Morgan fingerprint density at radius 3 is 2.40 bits per heavy atom. The Hall–Kier alpha value is -4.97. The molecule has 1 atom stereocenters. The van der Waals surface area contributed by atoms with Crippen LogP contribution < -0.4 is 22.3 Å². The zero-order valence-electron chi connectivity index (χ0n) is 29.6. The number of aromatic nitrogens is 3. The number of nitrogens with zero attached hydrogens (tertiary/aromatic N) is 5. The van der Waals surface area contributed by atoms with E-state index in [1.165, 1.54) is 14.7 Å². The van der Waals surface area contributed by atoms with E-state index in [1.54, 1.807) is 0 Å². The van der Waals surface area contributed by atoms with E-state index in [2.05, 4.69) is 51.4 Å². The maximum Gasteiger partial charge on any atom is 0.337 e. The third-order valence-electron chi connectivity index (χ3n) is 10.6. The van der Waals surface area contributed by atoms with Crippen LogP contribution in [0, 0.1) is 5.82 Å². The molecule has 7 rings (SSSR count). The highest BCUT2D eigenvalue weighted by atomic mass is 19.1. The Kier molecular flexibility index (Phi) is 10.7. The van der Waals surface area contributed by atoms with Crippen LogP contribution in [0.25, 0.3) is 27.8 Å². The van der Waals surface area contributed by atoms with E-state index in [0.717, 1.165) is 68.1 Å². The summed E-state index contributed by atoms with van der Waals surface area (Å²) in [4.78, 5) is 49.7. The van der Waals surface area contributed by atoms with Crippen molar-refractivity contribution in [2.24, 2.45) is 5.73 Å². The highest BCUT2D eigenvalue weighted by molar-refractivity contribution is 5.80. The van der Waals surface area contributed by atoms with Gasteiger partial charge in [0.05, 0.1) is 23.3 Å². The van der Waals surface area contributed by atoms with Crippen LogP contribution in [0.5, 0.6) is 0 Å². The van der Waals surface area contributed by atoms with Crippen molar-refractivity contribution in [2.45, 2.75) is 63.2 Å². The lowest BCUT2D eigenvalue weighted by Crippen LogP contribution is -2.50. The first-order valence-corrected chi connectivity index (χ1v) is 18.3. The Balaban J connectivity index is 1.14. The van der Waals surface area contributed by atoms with E-state index in [-0.39, 0.29) is 17.1 Å². The number of carbonyl (C=O) groups is 1. The summed E-state index contributed by atoms with van der Waals surface area (Å²) in [5.74, 6) is -1.07. The lowest BCUT2D eigenvalue weighted by atomic mass is 9.90. The van der Waals surface area contributed by atoms with Gasteiger partial charge in [-0.3, -0.25) is 19.1 Å². The molecule has 2 aliphatic rings. The quantitative estimate of drug-likeness (QED) is 0.217. The summed E-state index contributed by atoms with van der Waals surface area (Å²) in [6, 6.07) is 26.0. The summed E-state index contributed by atoms with van der Waals surface area (Å²) in [5.41, 5.74) is 9.52. The molecule has 3 heterocycles. The summed E-state index contributed by atoms with van der Waals surface area (Å²) in [5, 5.41) is 3.47. The Labute approximate surface area is 302 Å². The normalized spacial score (nSPS) is 19.3. The van der Waals surface area contributed by atoms with Gasteiger partial charge in [-0.15, -0.1) is 0 Å². The number of halogens is 1. The first kappa shape index (κ1) is 35.4. The van der Waals surface area contributed by atoms with Crippen molar-refractivity contribution in [2.75, 3.05) is 33.2 Å². The van der Waals surface area contributed by atoms with Gasteiger partial charge in [-0.05, 0) is 99.1 Å². The molecule has 3 N–H and O–H groups in total. The van der Waals surface area contributed by atoms with E-state index in [4.69, 9.17) is 5.73 Å². The maximum absolute atomic E-state index is 14.6. The number of nitrogens with two attached hydrogens (primary N) is 1. The smallest absolute Gasteiger partial charge is 0.337 e. The van der Waals surface area contributed by atoms with Crippen LogP contribution in [0.4, 0.5) is 4.39 Å². The number of carbonyl (C=O) groups excluding carboxylic acids is 1. The number of hydrogen-bond donors (Lipinski definition) is 2. The molecule has 0 radical (unpaired) electrons. The van der Waals surface area contributed by atoms with E-state index in [9.17, 15) is 18.8 Å². The second kappa shape index (κ2) is 15.7. The molecule has 2 fully saturated rings. The van der Waals surface area contributed by atoms with Gasteiger partial charge < -0.3 is 16.0 Å². The molecule has 1 saturated heterocycles. The van der Waals surface area contributed by atoms with Crippen LogP contribution >= 0.6 is 0 Å². The fourth-order valence-electron chi connectivity index (χ4n) is 7.76. The lowest BCUT2D eigenvalue weighted by molar-refractivity contribution is -0.120.